The third-order valence-corrected chi connectivity index (χ3v) is 2.96. The Balaban J connectivity index is 2.09. The average molecular weight is 234 g/mol. The van der Waals surface area contributed by atoms with E-state index in [1.54, 1.807) is 19.4 Å². The molecule has 1 aromatic rings. The zero-order valence-corrected chi connectivity index (χ0v) is 10.3. The van der Waals surface area contributed by atoms with Crippen LogP contribution in [0.25, 0.3) is 0 Å². The van der Waals surface area contributed by atoms with E-state index in [-0.39, 0.29) is 5.78 Å². The molecule has 1 saturated carbocycles. The molecule has 0 unspecified atom stereocenters. The van der Waals surface area contributed by atoms with Crippen molar-refractivity contribution in [2.45, 2.75) is 25.8 Å². The molecule has 1 heterocycles. The van der Waals surface area contributed by atoms with E-state index >= 15 is 0 Å². The van der Waals surface area contributed by atoms with E-state index in [0.717, 1.165) is 12.2 Å². The standard InChI is InChI=1S/C13H18N2O2/c1-10(16)13-6-5-12(9-14-13)15(7-8-17-2)11-3-4-11/h5-6,9,11H,3-4,7-8H2,1-2H3. The molecule has 0 aliphatic heterocycles. The van der Waals surface area contributed by atoms with Crippen molar-refractivity contribution in [3.63, 3.8) is 0 Å². The van der Waals surface area contributed by atoms with Crippen molar-refractivity contribution in [3.05, 3.63) is 24.0 Å². The minimum Gasteiger partial charge on any atom is -0.383 e. The lowest BCUT2D eigenvalue weighted by Crippen LogP contribution is -2.29. The van der Waals surface area contributed by atoms with Crippen LogP contribution in [0, 0.1) is 0 Å². The zero-order chi connectivity index (χ0) is 12.3. The number of anilines is 1. The molecule has 0 aromatic carbocycles. The number of nitrogens with zero attached hydrogens (tertiary/aromatic N) is 2. The molecule has 1 aliphatic carbocycles. The Morgan fingerprint density at radius 2 is 2.29 bits per heavy atom. The molecular formula is C13H18N2O2. The number of ether oxygens (including phenoxy) is 1. The van der Waals surface area contributed by atoms with Gasteiger partial charge in [-0.25, -0.2) is 0 Å². The number of ketones is 1. The van der Waals surface area contributed by atoms with Gasteiger partial charge in [0, 0.05) is 26.6 Å². The van der Waals surface area contributed by atoms with Gasteiger partial charge >= 0.3 is 0 Å². The third-order valence-electron chi connectivity index (χ3n) is 2.96. The molecule has 0 atom stereocenters. The van der Waals surface area contributed by atoms with E-state index in [2.05, 4.69) is 9.88 Å². The van der Waals surface area contributed by atoms with Gasteiger partial charge in [-0.2, -0.15) is 0 Å². The number of carbonyl (C=O) groups excluding carboxylic acids is 1. The molecule has 4 nitrogen and oxygen atoms in total. The minimum absolute atomic E-state index is 0.00594. The van der Waals surface area contributed by atoms with Gasteiger partial charge in [0.05, 0.1) is 18.5 Å². The van der Waals surface area contributed by atoms with Crippen molar-refractivity contribution in [1.82, 2.24) is 4.98 Å². The highest BCUT2D eigenvalue weighted by atomic mass is 16.5. The molecular weight excluding hydrogens is 216 g/mol. The molecule has 2 rings (SSSR count). The normalized spacial score (nSPS) is 14.7. The summed E-state index contributed by atoms with van der Waals surface area (Å²) >= 11 is 0. The Kier molecular flexibility index (Phi) is 3.74. The largest absolute Gasteiger partial charge is 0.383 e. The minimum atomic E-state index is 0.00594. The summed E-state index contributed by atoms with van der Waals surface area (Å²) in [6.07, 6.45) is 4.25. The van der Waals surface area contributed by atoms with E-state index in [9.17, 15) is 4.79 Å². The van der Waals surface area contributed by atoms with Crippen LogP contribution in [0.5, 0.6) is 0 Å². The summed E-state index contributed by atoms with van der Waals surface area (Å²) in [6.45, 7) is 3.12. The first-order valence-electron chi connectivity index (χ1n) is 5.95. The van der Waals surface area contributed by atoms with E-state index in [4.69, 9.17) is 4.74 Å². The predicted molar refractivity (Wildman–Crippen MR) is 66.5 cm³/mol. The highest BCUT2D eigenvalue weighted by Gasteiger charge is 2.29. The molecule has 4 heteroatoms. The first kappa shape index (κ1) is 12.0. The number of rotatable bonds is 6. The van der Waals surface area contributed by atoms with Crippen LogP contribution in [0.15, 0.2) is 18.3 Å². The summed E-state index contributed by atoms with van der Waals surface area (Å²) in [6, 6.07) is 4.38. The van der Waals surface area contributed by atoms with Crippen molar-refractivity contribution in [2.24, 2.45) is 0 Å². The lowest BCUT2D eigenvalue weighted by atomic mass is 10.2. The van der Waals surface area contributed by atoms with Crippen molar-refractivity contribution < 1.29 is 9.53 Å². The van der Waals surface area contributed by atoms with Crippen LogP contribution < -0.4 is 4.90 Å². The molecule has 92 valence electrons. The molecule has 1 aromatic heterocycles. The summed E-state index contributed by atoms with van der Waals surface area (Å²) < 4.78 is 5.12. The Bertz CT molecular complexity index is 385. The molecule has 17 heavy (non-hydrogen) atoms. The second kappa shape index (κ2) is 5.27. The summed E-state index contributed by atoms with van der Waals surface area (Å²) in [7, 11) is 1.71. The number of pyridine rings is 1. The maximum atomic E-state index is 11.1. The van der Waals surface area contributed by atoms with Crippen LogP contribution >= 0.6 is 0 Å². The van der Waals surface area contributed by atoms with Crippen LogP contribution in [-0.2, 0) is 4.74 Å². The maximum absolute atomic E-state index is 11.1. The number of Topliss-reactive ketones (excluding diaryl/α,β-unsaturated/α-hetero) is 1. The van der Waals surface area contributed by atoms with Crippen LogP contribution in [0.1, 0.15) is 30.3 Å². The average Bonchev–Trinajstić information content (AvgIpc) is 3.14. The van der Waals surface area contributed by atoms with Gasteiger partial charge in [-0.05, 0) is 25.0 Å². The number of hydrogen-bond acceptors (Lipinski definition) is 4. The second-order valence-corrected chi connectivity index (χ2v) is 4.38. The Labute approximate surface area is 102 Å². The molecule has 0 bridgehead atoms. The van der Waals surface area contributed by atoms with Crippen LogP contribution in [0.2, 0.25) is 0 Å². The monoisotopic (exact) mass is 234 g/mol. The quantitative estimate of drug-likeness (QED) is 0.705. The summed E-state index contributed by atoms with van der Waals surface area (Å²) in [4.78, 5) is 17.6. The smallest absolute Gasteiger partial charge is 0.178 e. The van der Waals surface area contributed by atoms with Gasteiger partial charge in [0.2, 0.25) is 0 Å². The fourth-order valence-corrected chi connectivity index (χ4v) is 1.86. The molecule has 0 spiro atoms. The van der Waals surface area contributed by atoms with E-state index in [0.29, 0.717) is 18.3 Å². The zero-order valence-electron chi connectivity index (χ0n) is 10.3. The Morgan fingerprint density at radius 1 is 1.53 bits per heavy atom. The van der Waals surface area contributed by atoms with Crippen molar-refractivity contribution in [3.8, 4) is 0 Å². The molecule has 0 N–H and O–H groups in total. The lowest BCUT2D eigenvalue weighted by Gasteiger charge is -2.23. The molecule has 0 amide bonds. The second-order valence-electron chi connectivity index (χ2n) is 4.38. The van der Waals surface area contributed by atoms with Crippen LogP contribution in [-0.4, -0.2) is 37.1 Å². The van der Waals surface area contributed by atoms with Gasteiger partial charge < -0.3 is 9.64 Å². The van der Waals surface area contributed by atoms with E-state index in [1.807, 2.05) is 6.07 Å². The van der Waals surface area contributed by atoms with Gasteiger partial charge in [0.1, 0.15) is 5.69 Å². The van der Waals surface area contributed by atoms with Crippen molar-refractivity contribution in [1.29, 1.82) is 0 Å². The number of aromatic nitrogens is 1. The van der Waals surface area contributed by atoms with E-state index in [1.165, 1.54) is 19.8 Å². The molecule has 0 saturated heterocycles. The predicted octanol–water partition coefficient (Wildman–Crippen LogP) is 1.90. The third kappa shape index (κ3) is 3.03. The number of hydrogen-bond donors (Lipinski definition) is 0. The fourth-order valence-electron chi connectivity index (χ4n) is 1.86. The summed E-state index contributed by atoms with van der Waals surface area (Å²) in [5, 5.41) is 0. The molecule has 0 radical (unpaired) electrons. The molecule has 1 aliphatic rings. The maximum Gasteiger partial charge on any atom is 0.178 e. The number of methoxy groups -OCH3 is 1. The first-order valence-corrected chi connectivity index (χ1v) is 5.95. The highest BCUT2D eigenvalue weighted by molar-refractivity contribution is 5.92. The Hall–Kier alpha value is -1.42. The number of carbonyl (C=O) groups is 1. The topological polar surface area (TPSA) is 42.4 Å². The van der Waals surface area contributed by atoms with Gasteiger partial charge in [-0.1, -0.05) is 0 Å². The van der Waals surface area contributed by atoms with Gasteiger partial charge in [-0.15, -0.1) is 0 Å². The fraction of sp³-hybridized carbons (Fsp3) is 0.538. The van der Waals surface area contributed by atoms with Crippen molar-refractivity contribution in [2.75, 3.05) is 25.2 Å². The van der Waals surface area contributed by atoms with E-state index < -0.39 is 0 Å². The molecule has 1 fully saturated rings. The first-order chi connectivity index (χ1) is 8.22. The Morgan fingerprint density at radius 3 is 2.76 bits per heavy atom. The summed E-state index contributed by atoms with van der Waals surface area (Å²) in [5.41, 5.74) is 1.60. The van der Waals surface area contributed by atoms with Gasteiger partial charge in [0.25, 0.3) is 0 Å². The lowest BCUT2D eigenvalue weighted by molar-refractivity contribution is 0.101. The SMILES string of the molecule is COCCN(c1ccc(C(C)=O)nc1)C1CC1. The summed E-state index contributed by atoms with van der Waals surface area (Å²) in [5.74, 6) is 0.00594. The van der Waals surface area contributed by atoms with Crippen molar-refractivity contribution >= 4 is 11.5 Å². The van der Waals surface area contributed by atoms with Crippen LogP contribution in [0.3, 0.4) is 0 Å². The van der Waals surface area contributed by atoms with Crippen LogP contribution in [0.4, 0.5) is 5.69 Å². The highest BCUT2D eigenvalue weighted by Crippen LogP contribution is 2.31. The van der Waals surface area contributed by atoms with Gasteiger partial charge in [0.15, 0.2) is 5.78 Å². The van der Waals surface area contributed by atoms with Gasteiger partial charge in [-0.3, -0.25) is 9.78 Å².